The standard InChI is InChI=1S/C13H14/c1-3-8-12(9-4-2)13-10-6-5-7-11-13/h3-11H,1H2,2H3/b9-4?,12-8+. The van der Waals surface area contributed by atoms with Gasteiger partial charge in [0.15, 0.2) is 0 Å². The molecule has 1 aromatic rings. The van der Waals surface area contributed by atoms with E-state index in [9.17, 15) is 0 Å². The summed E-state index contributed by atoms with van der Waals surface area (Å²) < 4.78 is 0. The van der Waals surface area contributed by atoms with Crippen molar-refractivity contribution in [3.05, 3.63) is 66.8 Å². The van der Waals surface area contributed by atoms with Crippen molar-refractivity contribution in [2.75, 3.05) is 0 Å². The number of benzene rings is 1. The summed E-state index contributed by atoms with van der Waals surface area (Å²) in [5, 5.41) is 0. The summed E-state index contributed by atoms with van der Waals surface area (Å²) in [7, 11) is 0. The lowest BCUT2D eigenvalue weighted by Crippen LogP contribution is -1.78. The highest BCUT2D eigenvalue weighted by molar-refractivity contribution is 5.74. The van der Waals surface area contributed by atoms with Crippen molar-refractivity contribution in [3.63, 3.8) is 0 Å². The summed E-state index contributed by atoms with van der Waals surface area (Å²) in [5.41, 5.74) is 2.42. The molecule has 0 bridgehead atoms. The van der Waals surface area contributed by atoms with Gasteiger partial charge in [-0.2, -0.15) is 0 Å². The van der Waals surface area contributed by atoms with Gasteiger partial charge in [-0.1, -0.05) is 61.2 Å². The highest BCUT2D eigenvalue weighted by Gasteiger charge is 1.93. The number of allylic oxidation sites excluding steroid dienone is 5. The van der Waals surface area contributed by atoms with Crippen LogP contribution in [0.1, 0.15) is 12.5 Å². The Morgan fingerprint density at radius 2 is 1.92 bits per heavy atom. The van der Waals surface area contributed by atoms with E-state index in [1.165, 1.54) is 11.1 Å². The minimum Gasteiger partial charge on any atom is -0.0990 e. The molecule has 0 heterocycles. The first-order chi connectivity index (χ1) is 6.38. The molecule has 0 saturated heterocycles. The minimum absolute atomic E-state index is 1.19. The van der Waals surface area contributed by atoms with Gasteiger partial charge in [0, 0.05) is 0 Å². The number of rotatable bonds is 3. The highest BCUT2D eigenvalue weighted by Crippen LogP contribution is 2.15. The van der Waals surface area contributed by atoms with Crippen LogP contribution in [0.3, 0.4) is 0 Å². The SMILES string of the molecule is C=C/C=C(\C=CC)c1ccccc1. The van der Waals surface area contributed by atoms with Crippen LogP contribution >= 0.6 is 0 Å². The molecule has 0 heteroatoms. The van der Waals surface area contributed by atoms with E-state index in [-0.39, 0.29) is 0 Å². The van der Waals surface area contributed by atoms with E-state index in [0.29, 0.717) is 0 Å². The van der Waals surface area contributed by atoms with E-state index in [4.69, 9.17) is 0 Å². The van der Waals surface area contributed by atoms with Gasteiger partial charge < -0.3 is 0 Å². The Balaban J connectivity index is 3.03. The fourth-order valence-electron chi connectivity index (χ4n) is 1.19. The maximum atomic E-state index is 3.70. The largest absolute Gasteiger partial charge is 0.0990 e. The Kier molecular flexibility index (Phi) is 3.77. The molecule has 1 aromatic carbocycles. The molecule has 0 spiro atoms. The minimum atomic E-state index is 1.19. The topological polar surface area (TPSA) is 0 Å². The first-order valence-electron chi connectivity index (χ1n) is 4.39. The first kappa shape index (κ1) is 9.53. The predicted molar refractivity (Wildman–Crippen MR) is 59.4 cm³/mol. The zero-order valence-electron chi connectivity index (χ0n) is 7.90. The fourth-order valence-corrected chi connectivity index (χ4v) is 1.19. The third-order valence-electron chi connectivity index (χ3n) is 1.75. The van der Waals surface area contributed by atoms with Crippen LogP contribution in [-0.2, 0) is 0 Å². The van der Waals surface area contributed by atoms with Crippen molar-refractivity contribution in [1.82, 2.24) is 0 Å². The molecule has 66 valence electrons. The Morgan fingerprint density at radius 3 is 2.46 bits per heavy atom. The maximum Gasteiger partial charge on any atom is -0.0184 e. The molecule has 0 saturated carbocycles. The molecule has 0 fully saturated rings. The van der Waals surface area contributed by atoms with Gasteiger partial charge in [0.1, 0.15) is 0 Å². The van der Waals surface area contributed by atoms with Crippen LogP contribution in [0.25, 0.3) is 5.57 Å². The zero-order valence-corrected chi connectivity index (χ0v) is 7.90. The summed E-state index contributed by atoms with van der Waals surface area (Å²) in [6.07, 6.45) is 7.93. The quantitative estimate of drug-likeness (QED) is 0.605. The maximum absolute atomic E-state index is 3.70. The van der Waals surface area contributed by atoms with E-state index in [2.05, 4.69) is 24.8 Å². The van der Waals surface area contributed by atoms with Gasteiger partial charge in [0.05, 0.1) is 0 Å². The predicted octanol–water partition coefficient (Wildman–Crippen LogP) is 3.83. The summed E-state index contributed by atoms with van der Waals surface area (Å²) in [6, 6.07) is 10.3. The Bertz CT molecular complexity index is 315. The second-order valence-corrected chi connectivity index (χ2v) is 2.72. The Labute approximate surface area is 79.9 Å². The summed E-state index contributed by atoms with van der Waals surface area (Å²) in [5.74, 6) is 0. The summed E-state index contributed by atoms with van der Waals surface area (Å²) in [6.45, 7) is 5.71. The molecule has 0 N–H and O–H groups in total. The monoisotopic (exact) mass is 170 g/mol. The molecular weight excluding hydrogens is 156 g/mol. The molecule has 0 unspecified atom stereocenters. The van der Waals surface area contributed by atoms with Gasteiger partial charge in [-0.05, 0) is 18.1 Å². The van der Waals surface area contributed by atoms with Gasteiger partial charge in [-0.3, -0.25) is 0 Å². The van der Waals surface area contributed by atoms with Gasteiger partial charge in [0.2, 0.25) is 0 Å². The van der Waals surface area contributed by atoms with Crippen LogP contribution in [0.2, 0.25) is 0 Å². The molecule has 0 amide bonds. The average molecular weight is 170 g/mol. The van der Waals surface area contributed by atoms with Crippen LogP contribution < -0.4 is 0 Å². The Morgan fingerprint density at radius 1 is 1.23 bits per heavy atom. The molecule has 0 aromatic heterocycles. The van der Waals surface area contributed by atoms with Crippen molar-refractivity contribution in [1.29, 1.82) is 0 Å². The third kappa shape index (κ3) is 2.75. The molecule has 1 rings (SSSR count). The van der Waals surface area contributed by atoms with Gasteiger partial charge in [-0.25, -0.2) is 0 Å². The van der Waals surface area contributed by atoms with Crippen LogP contribution in [0, 0.1) is 0 Å². The van der Waals surface area contributed by atoms with E-state index < -0.39 is 0 Å². The molecular formula is C13H14. The zero-order chi connectivity index (χ0) is 9.52. The highest BCUT2D eigenvalue weighted by atomic mass is 14.0. The third-order valence-corrected chi connectivity index (χ3v) is 1.75. The molecule has 0 radical (unpaired) electrons. The van der Waals surface area contributed by atoms with Crippen LogP contribution in [0.5, 0.6) is 0 Å². The van der Waals surface area contributed by atoms with E-state index in [0.717, 1.165) is 0 Å². The lowest BCUT2D eigenvalue weighted by Gasteiger charge is -1.99. The second-order valence-electron chi connectivity index (χ2n) is 2.72. The van der Waals surface area contributed by atoms with Crippen LogP contribution in [-0.4, -0.2) is 0 Å². The lowest BCUT2D eigenvalue weighted by molar-refractivity contribution is 1.61. The van der Waals surface area contributed by atoms with E-state index >= 15 is 0 Å². The van der Waals surface area contributed by atoms with Crippen LogP contribution in [0.15, 0.2) is 61.2 Å². The molecule has 0 aliphatic heterocycles. The van der Waals surface area contributed by atoms with Crippen molar-refractivity contribution in [2.24, 2.45) is 0 Å². The normalized spacial score (nSPS) is 11.9. The second kappa shape index (κ2) is 5.15. The molecule has 0 aliphatic rings. The Hall–Kier alpha value is -1.56. The number of hydrogen-bond donors (Lipinski definition) is 0. The lowest BCUT2D eigenvalue weighted by atomic mass is 10.1. The molecule has 0 aliphatic carbocycles. The fraction of sp³-hybridized carbons (Fsp3) is 0.0769. The summed E-state index contributed by atoms with van der Waals surface area (Å²) >= 11 is 0. The van der Waals surface area contributed by atoms with Gasteiger partial charge >= 0.3 is 0 Å². The summed E-state index contributed by atoms with van der Waals surface area (Å²) in [4.78, 5) is 0. The van der Waals surface area contributed by atoms with Crippen molar-refractivity contribution in [3.8, 4) is 0 Å². The smallest absolute Gasteiger partial charge is 0.0184 e. The number of hydrogen-bond acceptors (Lipinski definition) is 0. The van der Waals surface area contributed by atoms with Crippen molar-refractivity contribution < 1.29 is 0 Å². The molecule has 13 heavy (non-hydrogen) atoms. The van der Waals surface area contributed by atoms with Gasteiger partial charge in [0.25, 0.3) is 0 Å². The van der Waals surface area contributed by atoms with Crippen molar-refractivity contribution >= 4 is 5.57 Å². The van der Waals surface area contributed by atoms with Gasteiger partial charge in [-0.15, -0.1) is 0 Å². The van der Waals surface area contributed by atoms with E-state index in [1.54, 1.807) is 0 Å². The van der Waals surface area contributed by atoms with E-state index in [1.807, 2.05) is 43.4 Å². The molecule has 0 atom stereocenters. The first-order valence-corrected chi connectivity index (χ1v) is 4.39. The van der Waals surface area contributed by atoms with Crippen LogP contribution in [0.4, 0.5) is 0 Å². The van der Waals surface area contributed by atoms with Crippen molar-refractivity contribution in [2.45, 2.75) is 6.92 Å². The molecule has 0 nitrogen and oxygen atoms in total. The average Bonchev–Trinajstić information content (AvgIpc) is 2.19.